The fraction of sp³-hybridized carbons (Fsp3) is 0.625. The average molecular weight is 147 g/mol. The van der Waals surface area contributed by atoms with E-state index in [2.05, 4.69) is 0 Å². The minimum absolute atomic E-state index is 0.155. The van der Waals surface area contributed by atoms with Crippen LogP contribution in [0.1, 0.15) is 19.8 Å². The Balaban J connectivity index is 4.18. The van der Waals surface area contributed by atoms with Crippen molar-refractivity contribution in [3.8, 4) is 18.2 Å². The van der Waals surface area contributed by atoms with E-state index in [0.717, 1.165) is 0 Å². The second-order valence-electron chi connectivity index (χ2n) is 2.24. The summed E-state index contributed by atoms with van der Waals surface area (Å²) in [4.78, 5) is 0. The van der Waals surface area contributed by atoms with E-state index >= 15 is 0 Å². The van der Waals surface area contributed by atoms with E-state index in [1.807, 2.05) is 25.1 Å². The number of nitrogens with zero attached hydrogens (tertiary/aromatic N) is 3. The molecule has 0 aromatic heterocycles. The number of hydrogen-bond acceptors (Lipinski definition) is 3. The molecule has 0 saturated heterocycles. The monoisotopic (exact) mass is 147 g/mol. The Kier molecular flexibility index (Phi) is 4.54. The summed E-state index contributed by atoms with van der Waals surface area (Å²) >= 11 is 0. The number of nitriles is 3. The zero-order valence-corrected chi connectivity index (χ0v) is 6.41. The van der Waals surface area contributed by atoms with Crippen LogP contribution < -0.4 is 0 Å². The highest BCUT2D eigenvalue weighted by Crippen LogP contribution is 2.16. The summed E-state index contributed by atoms with van der Waals surface area (Å²) in [5.41, 5.74) is 0. The molecule has 0 aromatic rings. The lowest BCUT2D eigenvalue weighted by molar-refractivity contribution is 0.490. The van der Waals surface area contributed by atoms with Crippen LogP contribution in [0.3, 0.4) is 0 Å². The summed E-state index contributed by atoms with van der Waals surface area (Å²) in [6.45, 7) is 1.84. The van der Waals surface area contributed by atoms with Crippen molar-refractivity contribution in [3.05, 3.63) is 0 Å². The average Bonchev–Trinajstić information content (AvgIpc) is 2.05. The third-order valence-electron chi connectivity index (χ3n) is 1.57. The maximum atomic E-state index is 8.54. The summed E-state index contributed by atoms with van der Waals surface area (Å²) in [7, 11) is 0. The predicted octanol–water partition coefficient (Wildman–Crippen LogP) is 1.59. The first kappa shape index (κ1) is 9.47. The first-order valence-electron chi connectivity index (χ1n) is 3.46. The summed E-state index contributed by atoms with van der Waals surface area (Å²) in [6, 6.07) is 5.87. The SMILES string of the molecule is CCC(C#N)C(C#N)CC#N. The van der Waals surface area contributed by atoms with Crippen LogP contribution in [0.5, 0.6) is 0 Å². The van der Waals surface area contributed by atoms with E-state index in [1.165, 1.54) is 0 Å². The smallest absolute Gasteiger partial charge is 0.0751 e. The maximum absolute atomic E-state index is 8.54. The van der Waals surface area contributed by atoms with Gasteiger partial charge in [0.1, 0.15) is 0 Å². The minimum Gasteiger partial charge on any atom is -0.198 e. The summed E-state index contributed by atoms with van der Waals surface area (Å²) < 4.78 is 0. The van der Waals surface area contributed by atoms with E-state index in [4.69, 9.17) is 15.8 Å². The second kappa shape index (κ2) is 5.27. The van der Waals surface area contributed by atoms with E-state index in [1.54, 1.807) is 0 Å². The molecule has 0 aliphatic carbocycles. The molecule has 56 valence electrons. The van der Waals surface area contributed by atoms with Crippen molar-refractivity contribution in [2.75, 3.05) is 0 Å². The van der Waals surface area contributed by atoms with Crippen molar-refractivity contribution in [1.82, 2.24) is 0 Å². The minimum atomic E-state index is -0.421. The molecule has 0 rings (SSSR count). The van der Waals surface area contributed by atoms with Gasteiger partial charge in [0, 0.05) is 0 Å². The Bertz CT molecular complexity index is 225. The van der Waals surface area contributed by atoms with Gasteiger partial charge < -0.3 is 0 Å². The molecular formula is C8H9N3. The molecule has 0 aliphatic heterocycles. The van der Waals surface area contributed by atoms with Gasteiger partial charge in [0.15, 0.2) is 0 Å². The molecule has 0 aliphatic rings. The van der Waals surface area contributed by atoms with Crippen molar-refractivity contribution in [2.45, 2.75) is 19.8 Å². The molecule has 0 N–H and O–H groups in total. The summed E-state index contributed by atoms with van der Waals surface area (Å²) in [6.07, 6.45) is 0.791. The zero-order chi connectivity index (χ0) is 8.69. The summed E-state index contributed by atoms with van der Waals surface area (Å²) in [5, 5.41) is 25.4. The van der Waals surface area contributed by atoms with Gasteiger partial charge in [-0.3, -0.25) is 0 Å². The first-order valence-corrected chi connectivity index (χ1v) is 3.46. The number of hydrogen-bond donors (Lipinski definition) is 0. The third-order valence-corrected chi connectivity index (χ3v) is 1.57. The standard InChI is InChI=1S/C8H9N3/c1-2-7(5-10)8(6-11)3-4-9/h7-8H,2-3H2,1H3. The van der Waals surface area contributed by atoms with Crippen molar-refractivity contribution in [1.29, 1.82) is 15.8 Å². The normalized spacial score (nSPS) is 13.6. The first-order chi connectivity index (χ1) is 5.29. The van der Waals surface area contributed by atoms with Gasteiger partial charge in [0.25, 0.3) is 0 Å². The van der Waals surface area contributed by atoms with Crippen LogP contribution in [0, 0.1) is 45.8 Å². The molecule has 0 bridgehead atoms. The van der Waals surface area contributed by atoms with Gasteiger partial charge >= 0.3 is 0 Å². The van der Waals surface area contributed by atoms with Gasteiger partial charge in [-0.15, -0.1) is 0 Å². The van der Waals surface area contributed by atoms with E-state index < -0.39 is 5.92 Å². The molecule has 0 amide bonds. The van der Waals surface area contributed by atoms with Crippen LogP contribution in [0.15, 0.2) is 0 Å². The lowest BCUT2D eigenvalue weighted by atomic mass is 9.90. The Morgan fingerprint density at radius 2 is 1.64 bits per heavy atom. The second-order valence-corrected chi connectivity index (χ2v) is 2.24. The van der Waals surface area contributed by atoms with Crippen LogP contribution in [0.2, 0.25) is 0 Å². The Morgan fingerprint density at radius 1 is 1.09 bits per heavy atom. The molecule has 0 heterocycles. The predicted molar refractivity (Wildman–Crippen MR) is 38.7 cm³/mol. The molecule has 11 heavy (non-hydrogen) atoms. The fourth-order valence-corrected chi connectivity index (χ4v) is 0.842. The molecule has 0 aromatic carbocycles. The zero-order valence-electron chi connectivity index (χ0n) is 6.41. The van der Waals surface area contributed by atoms with Crippen molar-refractivity contribution < 1.29 is 0 Å². The Hall–Kier alpha value is -1.53. The highest BCUT2D eigenvalue weighted by Gasteiger charge is 2.18. The van der Waals surface area contributed by atoms with Crippen LogP contribution in [-0.2, 0) is 0 Å². The third kappa shape index (κ3) is 2.70. The van der Waals surface area contributed by atoms with Crippen LogP contribution in [0.25, 0.3) is 0 Å². The highest BCUT2D eigenvalue weighted by molar-refractivity contribution is 5.00. The van der Waals surface area contributed by atoms with Gasteiger partial charge in [-0.25, -0.2) is 0 Å². The lowest BCUT2D eigenvalue weighted by Gasteiger charge is -2.07. The molecule has 3 nitrogen and oxygen atoms in total. The summed E-state index contributed by atoms with van der Waals surface area (Å²) in [5.74, 6) is -0.713. The van der Waals surface area contributed by atoms with E-state index in [0.29, 0.717) is 6.42 Å². The molecule has 0 fully saturated rings. The quantitative estimate of drug-likeness (QED) is 0.608. The molecule has 0 saturated carbocycles. The maximum Gasteiger partial charge on any atom is 0.0751 e. The van der Waals surface area contributed by atoms with Gasteiger partial charge in [-0.1, -0.05) is 6.92 Å². The molecule has 0 radical (unpaired) electrons. The Morgan fingerprint density at radius 3 is 1.91 bits per heavy atom. The van der Waals surface area contributed by atoms with Crippen molar-refractivity contribution >= 4 is 0 Å². The van der Waals surface area contributed by atoms with Crippen LogP contribution in [-0.4, -0.2) is 0 Å². The highest BCUT2D eigenvalue weighted by atomic mass is 14.3. The fourth-order valence-electron chi connectivity index (χ4n) is 0.842. The van der Waals surface area contributed by atoms with Crippen molar-refractivity contribution in [2.24, 2.45) is 11.8 Å². The largest absolute Gasteiger partial charge is 0.198 e. The van der Waals surface area contributed by atoms with Gasteiger partial charge in [-0.2, -0.15) is 15.8 Å². The van der Waals surface area contributed by atoms with Crippen LogP contribution in [0.4, 0.5) is 0 Å². The van der Waals surface area contributed by atoms with Gasteiger partial charge in [0.2, 0.25) is 0 Å². The van der Waals surface area contributed by atoms with E-state index in [-0.39, 0.29) is 12.3 Å². The number of rotatable bonds is 3. The van der Waals surface area contributed by atoms with Gasteiger partial charge in [-0.05, 0) is 6.42 Å². The Labute approximate surface area is 66.5 Å². The molecular weight excluding hydrogens is 138 g/mol. The van der Waals surface area contributed by atoms with E-state index in [9.17, 15) is 0 Å². The molecule has 2 unspecified atom stereocenters. The molecule has 3 heteroatoms. The van der Waals surface area contributed by atoms with Crippen LogP contribution >= 0.6 is 0 Å². The molecule has 2 atom stereocenters. The lowest BCUT2D eigenvalue weighted by Crippen LogP contribution is -2.09. The van der Waals surface area contributed by atoms with Crippen molar-refractivity contribution in [3.63, 3.8) is 0 Å². The molecule has 0 spiro atoms. The van der Waals surface area contributed by atoms with Gasteiger partial charge in [0.05, 0.1) is 36.5 Å². The topological polar surface area (TPSA) is 71.4 Å².